The van der Waals surface area contributed by atoms with Crippen LogP contribution in [0.15, 0.2) is 24.3 Å². The normalized spacial score (nSPS) is 15.2. The van der Waals surface area contributed by atoms with Gasteiger partial charge >= 0.3 is 0 Å². The van der Waals surface area contributed by atoms with Crippen LogP contribution in [0.1, 0.15) is 32.3 Å². The van der Waals surface area contributed by atoms with Gasteiger partial charge in [0.05, 0.1) is 6.61 Å². The van der Waals surface area contributed by atoms with Gasteiger partial charge in [-0.05, 0) is 30.4 Å². The summed E-state index contributed by atoms with van der Waals surface area (Å²) in [6.45, 7) is 10.3. The second-order valence-electron chi connectivity index (χ2n) is 5.97. The summed E-state index contributed by atoms with van der Waals surface area (Å²) in [6, 6.07) is 8.75. The summed E-state index contributed by atoms with van der Waals surface area (Å²) in [7, 11) is 0. The van der Waals surface area contributed by atoms with Gasteiger partial charge in [-0.3, -0.25) is 0 Å². The van der Waals surface area contributed by atoms with Gasteiger partial charge in [0.25, 0.3) is 0 Å². The molecule has 1 saturated heterocycles. The zero-order chi connectivity index (χ0) is 14.2. The molecule has 1 aromatic rings. The third-order valence-electron chi connectivity index (χ3n) is 3.63. The third kappa shape index (κ3) is 4.80. The maximum atomic E-state index is 5.59. The van der Waals surface area contributed by atoms with Gasteiger partial charge in [0.15, 0.2) is 0 Å². The van der Waals surface area contributed by atoms with E-state index in [2.05, 4.69) is 48.3 Å². The smallest absolute Gasteiger partial charge is 0.0591 e. The highest BCUT2D eigenvalue weighted by Crippen LogP contribution is 2.24. The number of hydrogen-bond donors (Lipinski definition) is 1. The third-order valence-corrected chi connectivity index (χ3v) is 3.63. The van der Waals surface area contributed by atoms with E-state index in [4.69, 9.17) is 4.74 Å². The van der Waals surface area contributed by atoms with Gasteiger partial charge in [-0.25, -0.2) is 0 Å². The van der Waals surface area contributed by atoms with Crippen molar-refractivity contribution < 1.29 is 4.74 Å². The Hall–Kier alpha value is -1.06. The molecule has 3 heteroatoms. The lowest BCUT2D eigenvalue weighted by atomic mass is 10.1. The van der Waals surface area contributed by atoms with Crippen LogP contribution in [0.5, 0.6) is 0 Å². The largest absolute Gasteiger partial charge is 0.380 e. The van der Waals surface area contributed by atoms with Gasteiger partial charge in [0.1, 0.15) is 0 Å². The van der Waals surface area contributed by atoms with Crippen LogP contribution in [-0.4, -0.2) is 32.8 Å². The first-order valence-electron chi connectivity index (χ1n) is 7.88. The molecule has 0 bridgehead atoms. The summed E-state index contributed by atoms with van der Waals surface area (Å²) in [6.07, 6.45) is 2.65. The van der Waals surface area contributed by atoms with E-state index in [0.29, 0.717) is 5.92 Å². The van der Waals surface area contributed by atoms with Crippen molar-refractivity contribution in [3.63, 3.8) is 0 Å². The minimum absolute atomic E-state index is 0.617. The second kappa shape index (κ2) is 8.28. The molecule has 0 atom stereocenters. The molecule has 0 aromatic heterocycles. The standard InChI is InChI=1S/C17H28N2O/c1-15(2)14-20-12-9-18-13-16-7-3-4-8-17(16)19-10-5-6-11-19/h3-4,7-8,15,18H,5-6,9-14H2,1-2H3. The van der Waals surface area contributed by atoms with Gasteiger partial charge in [0, 0.05) is 38.5 Å². The second-order valence-corrected chi connectivity index (χ2v) is 5.97. The number of hydrogen-bond acceptors (Lipinski definition) is 3. The van der Waals surface area contributed by atoms with Crippen LogP contribution in [0.25, 0.3) is 0 Å². The highest BCUT2D eigenvalue weighted by Gasteiger charge is 2.14. The number of benzene rings is 1. The molecule has 0 saturated carbocycles. The molecule has 0 aliphatic carbocycles. The Balaban J connectivity index is 1.75. The first kappa shape index (κ1) is 15.3. The van der Waals surface area contributed by atoms with Crippen molar-refractivity contribution in [3.05, 3.63) is 29.8 Å². The van der Waals surface area contributed by atoms with Gasteiger partial charge < -0.3 is 15.0 Å². The number of anilines is 1. The molecule has 112 valence electrons. The maximum absolute atomic E-state index is 5.59. The molecule has 1 aliphatic heterocycles. The molecule has 20 heavy (non-hydrogen) atoms. The van der Waals surface area contributed by atoms with E-state index >= 15 is 0 Å². The Bertz CT molecular complexity index is 386. The highest BCUT2D eigenvalue weighted by molar-refractivity contribution is 5.54. The molecule has 2 rings (SSSR count). The fourth-order valence-electron chi connectivity index (χ4n) is 2.61. The van der Waals surface area contributed by atoms with Gasteiger partial charge in [-0.1, -0.05) is 32.0 Å². The van der Waals surface area contributed by atoms with Crippen LogP contribution in [-0.2, 0) is 11.3 Å². The van der Waals surface area contributed by atoms with Gasteiger partial charge in [0.2, 0.25) is 0 Å². The monoisotopic (exact) mass is 276 g/mol. The summed E-state index contributed by atoms with van der Waals surface area (Å²) < 4.78 is 5.59. The van der Waals surface area contributed by atoms with Crippen LogP contribution in [0.2, 0.25) is 0 Å². The Morgan fingerprint density at radius 3 is 2.70 bits per heavy atom. The van der Waals surface area contributed by atoms with Gasteiger partial charge in [-0.2, -0.15) is 0 Å². The predicted molar refractivity (Wildman–Crippen MR) is 85.3 cm³/mol. The zero-order valence-corrected chi connectivity index (χ0v) is 12.9. The minimum Gasteiger partial charge on any atom is -0.380 e. The van der Waals surface area contributed by atoms with Crippen LogP contribution < -0.4 is 10.2 Å². The van der Waals surface area contributed by atoms with Crippen LogP contribution in [0.3, 0.4) is 0 Å². The molecule has 0 unspecified atom stereocenters. The van der Waals surface area contributed by atoms with Crippen LogP contribution >= 0.6 is 0 Å². The van der Waals surface area contributed by atoms with Crippen molar-refractivity contribution >= 4 is 5.69 Å². The molecule has 0 radical (unpaired) electrons. The Labute approximate surface area is 123 Å². The topological polar surface area (TPSA) is 24.5 Å². The lowest BCUT2D eigenvalue weighted by molar-refractivity contribution is 0.111. The molecule has 3 nitrogen and oxygen atoms in total. The Kier molecular flexibility index (Phi) is 6.34. The van der Waals surface area contributed by atoms with Crippen molar-refractivity contribution in [2.24, 2.45) is 5.92 Å². The zero-order valence-electron chi connectivity index (χ0n) is 12.9. The summed E-state index contributed by atoms with van der Waals surface area (Å²) >= 11 is 0. The van der Waals surface area contributed by atoms with E-state index in [-0.39, 0.29) is 0 Å². The van der Waals surface area contributed by atoms with Crippen molar-refractivity contribution in [2.45, 2.75) is 33.2 Å². The fraction of sp³-hybridized carbons (Fsp3) is 0.647. The van der Waals surface area contributed by atoms with Crippen molar-refractivity contribution in [3.8, 4) is 0 Å². The van der Waals surface area contributed by atoms with Crippen molar-refractivity contribution in [1.82, 2.24) is 5.32 Å². The van der Waals surface area contributed by atoms with Crippen molar-refractivity contribution in [1.29, 1.82) is 0 Å². The molecule has 1 fully saturated rings. The minimum atomic E-state index is 0.617. The van der Waals surface area contributed by atoms with E-state index in [1.807, 2.05) is 0 Å². The van der Waals surface area contributed by atoms with E-state index < -0.39 is 0 Å². The fourth-order valence-corrected chi connectivity index (χ4v) is 2.61. The highest BCUT2D eigenvalue weighted by atomic mass is 16.5. The molecular weight excluding hydrogens is 248 g/mol. The summed E-state index contributed by atoms with van der Waals surface area (Å²) in [5.41, 5.74) is 2.80. The molecule has 1 aliphatic rings. The van der Waals surface area contributed by atoms with E-state index in [0.717, 1.165) is 26.3 Å². The predicted octanol–water partition coefficient (Wildman–Crippen LogP) is 3.05. The number of nitrogens with one attached hydrogen (secondary N) is 1. The Morgan fingerprint density at radius 1 is 1.20 bits per heavy atom. The van der Waals surface area contributed by atoms with Crippen LogP contribution in [0.4, 0.5) is 5.69 Å². The van der Waals surface area contributed by atoms with Gasteiger partial charge in [-0.15, -0.1) is 0 Å². The molecule has 1 aromatic carbocycles. The SMILES string of the molecule is CC(C)COCCNCc1ccccc1N1CCCC1. The summed E-state index contributed by atoms with van der Waals surface area (Å²) in [5.74, 6) is 0.617. The van der Waals surface area contributed by atoms with E-state index in [1.165, 1.54) is 37.2 Å². The number of rotatable bonds is 8. The molecule has 0 spiro atoms. The molecular formula is C17H28N2O. The average Bonchev–Trinajstić information content (AvgIpc) is 2.97. The summed E-state index contributed by atoms with van der Waals surface area (Å²) in [4.78, 5) is 2.51. The average molecular weight is 276 g/mol. The molecule has 1 heterocycles. The number of nitrogens with zero attached hydrogens (tertiary/aromatic N) is 1. The first-order chi connectivity index (χ1) is 9.77. The number of para-hydroxylation sites is 1. The van der Waals surface area contributed by atoms with E-state index in [9.17, 15) is 0 Å². The number of ether oxygens (including phenoxy) is 1. The maximum Gasteiger partial charge on any atom is 0.0591 e. The van der Waals surface area contributed by atoms with Crippen LogP contribution in [0, 0.1) is 5.92 Å². The summed E-state index contributed by atoms with van der Waals surface area (Å²) in [5, 5.41) is 3.49. The molecule has 1 N–H and O–H groups in total. The lowest BCUT2D eigenvalue weighted by Crippen LogP contribution is -2.23. The Morgan fingerprint density at radius 2 is 1.95 bits per heavy atom. The quantitative estimate of drug-likeness (QED) is 0.739. The first-order valence-corrected chi connectivity index (χ1v) is 7.88. The van der Waals surface area contributed by atoms with E-state index in [1.54, 1.807) is 0 Å². The lowest BCUT2D eigenvalue weighted by Gasteiger charge is -2.21. The van der Waals surface area contributed by atoms with Crippen molar-refractivity contribution in [2.75, 3.05) is 37.7 Å². The molecule has 0 amide bonds.